The molecular weight excluding hydrogens is 206 g/mol. The van der Waals surface area contributed by atoms with E-state index in [1.54, 1.807) is 24.3 Å². The smallest absolute Gasteiger partial charge is 0.321 e. The summed E-state index contributed by atoms with van der Waals surface area (Å²) in [5.41, 5.74) is 3.12. The Morgan fingerprint density at radius 2 is 2.14 bits per heavy atom. The number of carboxylic acid groups (broad SMARTS) is 1. The van der Waals surface area contributed by atoms with Crippen molar-refractivity contribution in [1.82, 2.24) is 0 Å². The van der Waals surface area contributed by atoms with Gasteiger partial charge in [0, 0.05) is 6.42 Å². The van der Waals surface area contributed by atoms with Crippen molar-refractivity contribution in [3.05, 3.63) is 29.8 Å². The quantitative estimate of drug-likeness (QED) is 0.529. The summed E-state index contributed by atoms with van der Waals surface area (Å²) in [7, 11) is 0. The highest BCUT2D eigenvalue weighted by Gasteiger charge is 2.15. The van der Waals surface area contributed by atoms with Crippen LogP contribution < -0.4 is 5.48 Å². The summed E-state index contributed by atoms with van der Waals surface area (Å²) in [4.78, 5) is 10.5. The van der Waals surface area contributed by atoms with Crippen molar-refractivity contribution >= 4 is 23.3 Å². The fraction of sp³-hybridized carbons (Fsp3) is 0.222. The van der Waals surface area contributed by atoms with Gasteiger partial charge in [0.25, 0.3) is 0 Å². The van der Waals surface area contributed by atoms with Gasteiger partial charge in [-0.2, -0.15) is 0 Å². The lowest BCUT2D eigenvalue weighted by Crippen LogP contribution is -2.16. The normalized spacial score (nSPS) is 12.1. The molecule has 1 aromatic carbocycles. The zero-order chi connectivity index (χ0) is 10.6. The molecule has 1 atom stereocenters. The maximum Gasteiger partial charge on any atom is 0.321 e. The molecule has 1 rings (SSSR count). The average molecular weight is 216 g/mol. The van der Waals surface area contributed by atoms with Crippen LogP contribution in [-0.2, 0) is 11.2 Å². The number of carboxylic acids is 1. The first-order chi connectivity index (χ1) is 6.65. The van der Waals surface area contributed by atoms with Crippen LogP contribution in [0.1, 0.15) is 5.56 Å². The zero-order valence-electron chi connectivity index (χ0n) is 7.27. The highest BCUT2D eigenvalue weighted by molar-refractivity contribution is 6.29. The van der Waals surface area contributed by atoms with Crippen molar-refractivity contribution in [2.45, 2.75) is 11.8 Å². The largest absolute Gasteiger partial charge is 0.480 e. The van der Waals surface area contributed by atoms with E-state index in [1.807, 2.05) is 5.48 Å². The van der Waals surface area contributed by atoms with Gasteiger partial charge in [-0.1, -0.05) is 18.2 Å². The van der Waals surface area contributed by atoms with Gasteiger partial charge in [-0.05, 0) is 11.6 Å². The van der Waals surface area contributed by atoms with Crippen LogP contribution in [0.2, 0.25) is 0 Å². The van der Waals surface area contributed by atoms with Gasteiger partial charge < -0.3 is 5.11 Å². The number of hydrogen-bond acceptors (Lipinski definition) is 3. The zero-order valence-corrected chi connectivity index (χ0v) is 8.03. The molecule has 0 aromatic heterocycles. The van der Waals surface area contributed by atoms with Crippen LogP contribution in [-0.4, -0.2) is 21.7 Å². The minimum absolute atomic E-state index is 0.167. The second-order valence-corrected chi connectivity index (χ2v) is 3.31. The molecule has 0 saturated carbocycles. The summed E-state index contributed by atoms with van der Waals surface area (Å²) < 4.78 is 0. The minimum atomic E-state index is -1.07. The van der Waals surface area contributed by atoms with Crippen molar-refractivity contribution < 1.29 is 15.1 Å². The molecule has 76 valence electrons. The maximum atomic E-state index is 10.5. The molecule has 0 saturated heterocycles. The Bertz CT molecular complexity index is 330. The van der Waals surface area contributed by atoms with E-state index in [0.717, 1.165) is 0 Å². The molecule has 0 aliphatic rings. The Labute approximate surface area is 86.1 Å². The van der Waals surface area contributed by atoms with Crippen molar-refractivity contribution in [2.24, 2.45) is 0 Å². The molecule has 1 aromatic rings. The monoisotopic (exact) mass is 215 g/mol. The first kappa shape index (κ1) is 10.8. The summed E-state index contributed by atoms with van der Waals surface area (Å²) in [6.45, 7) is 0. The minimum Gasteiger partial charge on any atom is -0.480 e. The van der Waals surface area contributed by atoms with E-state index in [2.05, 4.69) is 0 Å². The fourth-order valence-corrected chi connectivity index (χ4v) is 1.25. The number of nitrogens with one attached hydrogen (secondary N) is 1. The predicted octanol–water partition coefficient (Wildman–Crippen LogP) is 1.72. The number of para-hydroxylation sites is 1. The van der Waals surface area contributed by atoms with E-state index in [9.17, 15) is 4.79 Å². The molecule has 3 N–H and O–H groups in total. The van der Waals surface area contributed by atoms with Crippen LogP contribution in [0.15, 0.2) is 24.3 Å². The molecule has 1 unspecified atom stereocenters. The van der Waals surface area contributed by atoms with E-state index in [4.69, 9.17) is 21.9 Å². The summed E-state index contributed by atoms with van der Waals surface area (Å²) in [5, 5.41) is 16.3. The molecule has 14 heavy (non-hydrogen) atoms. The molecule has 0 spiro atoms. The van der Waals surface area contributed by atoms with Gasteiger partial charge in [0.05, 0.1) is 5.69 Å². The molecular formula is C9H10ClNO3. The van der Waals surface area contributed by atoms with E-state index < -0.39 is 11.3 Å². The Kier molecular flexibility index (Phi) is 3.73. The number of halogens is 1. The second kappa shape index (κ2) is 4.83. The van der Waals surface area contributed by atoms with Gasteiger partial charge >= 0.3 is 5.97 Å². The van der Waals surface area contributed by atoms with Crippen molar-refractivity contribution in [1.29, 1.82) is 0 Å². The third-order valence-corrected chi connectivity index (χ3v) is 2.15. The second-order valence-electron chi connectivity index (χ2n) is 2.78. The van der Waals surface area contributed by atoms with Gasteiger partial charge in [0.2, 0.25) is 0 Å². The van der Waals surface area contributed by atoms with Crippen LogP contribution in [0.5, 0.6) is 0 Å². The van der Waals surface area contributed by atoms with Crippen LogP contribution in [0.4, 0.5) is 5.69 Å². The molecule has 5 heteroatoms. The van der Waals surface area contributed by atoms with E-state index >= 15 is 0 Å². The number of hydrogen-bond donors (Lipinski definition) is 3. The molecule has 0 aliphatic heterocycles. The fourth-order valence-electron chi connectivity index (χ4n) is 1.09. The molecule has 0 aliphatic carbocycles. The van der Waals surface area contributed by atoms with Gasteiger partial charge in [0.1, 0.15) is 5.38 Å². The van der Waals surface area contributed by atoms with Gasteiger partial charge in [-0.25, -0.2) is 0 Å². The number of rotatable bonds is 4. The number of carbonyl (C=O) groups is 1. The molecule has 0 bridgehead atoms. The Morgan fingerprint density at radius 3 is 2.71 bits per heavy atom. The van der Waals surface area contributed by atoms with Crippen LogP contribution in [0.3, 0.4) is 0 Å². The van der Waals surface area contributed by atoms with Gasteiger partial charge in [0.15, 0.2) is 0 Å². The SMILES string of the molecule is O=C(O)C(Cl)Cc1ccccc1NO. The lowest BCUT2D eigenvalue weighted by atomic mass is 10.1. The molecule has 0 heterocycles. The lowest BCUT2D eigenvalue weighted by Gasteiger charge is -2.08. The molecule has 0 amide bonds. The van der Waals surface area contributed by atoms with Crippen LogP contribution >= 0.6 is 11.6 Å². The maximum absolute atomic E-state index is 10.5. The summed E-state index contributed by atoms with van der Waals surface area (Å²) in [6, 6.07) is 6.82. The van der Waals surface area contributed by atoms with Gasteiger partial charge in [-0.15, -0.1) is 11.6 Å². The first-order valence-electron chi connectivity index (χ1n) is 4.00. The van der Waals surface area contributed by atoms with Crippen molar-refractivity contribution in [2.75, 3.05) is 5.48 Å². The molecule has 4 nitrogen and oxygen atoms in total. The highest BCUT2D eigenvalue weighted by atomic mass is 35.5. The molecule has 0 fully saturated rings. The Morgan fingerprint density at radius 1 is 1.50 bits per heavy atom. The number of aliphatic carboxylic acids is 1. The molecule has 0 radical (unpaired) electrons. The third kappa shape index (κ3) is 2.61. The van der Waals surface area contributed by atoms with Crippen molar-refractivity contribution in [3.8, 4) is 0 Å². The number of alkyl halides is 1. The van der Waals surface area contributed by atoms with Crippen LogP contribution in [0, 0.1) is 0 Å². The van der Waals surface area contributed by atoms with E-state index in [1.165, 1.54) is 0 Å². The summed E-state index contributed by atoms with van der Waals surface area (Å²) >= 11 is 5.57. The lowest BCUT2D eigenvalue weighted by molar-refractivity contribution is -0.136. The number of benzene rings is 1. The number of anilines is 1. The van der Waals surface area contributed by atoms with E-state index in [-0.39, 0.29) is 6.42 Å². The third-order valence-electron chi connectivity index (χ3n) is 1.80. The topological polar surface area (TPSA) is 69.6 Å². The Hall–Kier alpha value is -1.26. The van der Waals surface area contributed by atoms with Crippen LogP contribution in [0.25, 0.3) is 0 Å². The van der Waals surface area contributed by atoms with E-state index in [0.29, 0.717) is 11.3 Å². The van der Waals surface area contributed by atoms with Gasteiger partial charge in [-0.3, -0.25) is 15.5 Å². The predicted molar refractivity (Wildman–Crippen MR) is 52.8 cm³/mol. The summed E-state index contributed by atoms with van der Waals surface area (Å²) in [6.07, 6.45) is 0.167. The van der Waals surface area contributed by atoms with Crippen molar-refractivity contribution in [3.63, 3.8) is 0 Å². The standard InChI is InChI=1S/C9H10ClNO3/c10-7(9(12)13)5-6-3-1-2-4-8(6)11-14/h1-4,7,11,14H,5H2,(H,12,13). The average Bonchev–Trinajstić information content (AvgIpc) is 2.18. The summed E-state index contributed by atoms with van der Waals surface area (Å²) in [5.74, 6) is -1.07. The highest BCUT2D eigenvalue weighted by Crippen LogP contribution is 2.17. The first-order valence-corrected chi connectivity index (χ1v) is 4.43. The Balaban J connectivity index is 2.80.